The van der Waals surface area contributed by atoms with E-state index < -0.39 is 11.9 Å². The molecule has 2 aromatic rings. The Morgan fingerprint density at radius 1 is 1.39 bits per heavy atom. The molecular weight excluding hydrogens is 253 g/mol. The fourth-order valence-electron chi connectivity index (χ4n) is 1.59. The fraction of sp³-hybridized carbons (Fsp3) is 0.333. The van der Waals surface area contributed by atoms with Gasteiger partial charge in [-0.3, -0.25) is 0 Å². The van der Waals surface area contributed by atoms with Crippen LogP contribution < -0.4 is 0 Å². The highest BCUT2D eigenvalue weighted by molar-refractivity contribution is 7.99. The number of halogens is 1. The molecule has 0 aliphatic carbocycles. The number of aliphatic hydroxyl groups is 1. The van der Waals surface area contributed by atoms with Crippen molar-refractivity contribution in [2.45, 2.75) is 30.0 Å². The molecular formula is C12H14FN3OS. The van der Waals surface area contributed by atoms with Crippen LogP contribution in [0.2, 0.25) is 0 Å². The second-order valence-electron chi connectivity index (χ2n) is 4.02. The zero-order valence-electron chi connectivity index (χ0n) is 10.4. The average Bonchev–Trinajstić information content (AvgIpc) is 2.60. The highest BCUT2D eigenvalue weighted by Gasteiger charge is 2.16. The second kappa shape index (κ2) is 5.07. The summed E-state index contributed by atoms with van der Waals surface area (Å²) in [5, 5.41) is 18.3. The summed E-state index contributed by atoms with van der Waals surface area (Å²) >= 11 is 1.29. The first-order valence-corrected chi connectivity index (χ1v) is 6.32. The molecule has 1 aromatic heterocycles. The quantitative estimate of drug-likeness (QED) is 0.928. The van der Waals surface area contributed by atoms with Crippen LogP contribution in [-0.2, 0) is 7.05 Å². The number of aromatic nitrogens is 3. The molecule has 0 saturated carbocycles. The van der Waals surface area contributed by atoms with E-state index in [0.29, 0.717) is 15.6 Å². The maximum absolute atomic E-state index is 13.7. The van der Waals surface area contributed by atoms with Crippen molar-refractivity contribution in [3.63, 3.8) is 0 Å². The molecule has 96 valence electrons. The van der Waals surface area contributed by atoms with Crippen molar-refractivity contribution < 1.29 is 9.50 Å². The molecule has 2 rings (SSSR count). The Morgan fingerprint density at radius 2 is 2.11 bits per heavy atom. The average molecular weight is 267 g/mol. The van der Waals surface area contributed by atoms with E-state index in [1.165, 1.54) is 17.8 Å². The minimum atomic E-state index is -0.858. The summed E-state index contributed by atoms with van der Waals surface area (Å²) in [5.74, 6) is 0.376. The number of hydrogen-bond donors (Lipinski definition) is 1. The van der Waals surface area contributed by atoms with Gasteiger partial charge in [0, 0.05) is 17.5 Å². The molecule has 0 radical (unpaired) electrons. The van der Waals surface area contributed by atoms with Gasteiger partial charge in [0.05, 0.1) is 6.10 Å². The van der Waals surface area contributed by atoms with Gasteiger partial charge in [0.1, 0.15) is 11.6 Å². The molecule has 1 N–H and O–H groups in total. The molecule has 1 atom stereocenters. The zero-order chi connectivity index (χ0) is 13.3. The fourth-order valence-corrected chi connectivity index (χ4v) is 2.66. The van der Waals surface area contributed by atoms with Crippen molar-refractivity contribution in [1.82, 2.24) is 14.8 Å². The van der Waals surface area contributed by atoms with Gasteiger partial charge in [-0.05, 0) is 37.7 Å². The van der Waals surface area contributed by atoms with Gasteiger partial charge >= 0.3 is 0 Å². The molecule has 18 heavy (non-hydrogen) atoms. The van der Waals surface area contributed by atoms with Gasteiger partial charge in [0.15, 0.2) is 5.16 Å². The monoisotopic (exact) mass is 267 g/mol. The molecule has 1 heterocycles. The van der Waals surface area contributed by atoms with Crippen molar-refractivity contribution in [1.29, 1.82) is 0 Å². The lowest BCUT2D eigenvalue weighted by Gasteiger charge is -2.12. The lowest BCUT2D eigenvalue weighted by molar-refractivity contribution is 0.191. The van der Waals surface area contributed by atoms with E-state index in [0.717, 1.165) is 5.82 Å². The van der Waals surface area contributed by atoms with Gasteiger partial charge < -0.3 is 9.67 Å². The zero-order valence-corrected chi connectivity index (χ0v) is 11.2. The van der Waals surface area contributed by atoms with Crippen LogP contribution in [0.4, 0.5) is 4.39 Å². The smallest absolute Gasteiger partial charge is 0.195 e. The normalized spacial score (nSPS) is 12.7. The van der Waals surface area contributed by atoms with Gasteiger partial charge in [0.2, 0.25) is 0 Å². The maximum atomic E-state index is 13.7. The first kappa shape index (κ1) is 13.0. The SMILES string of the molecule is Cc1nnc(Sc2cccc(F)c2[C@H](C)O)n1C. The van der Waals surface area contributed by atoms with E-state index in [9.17, 15) is 9.50 Å². The number of aryl methyl sites for hydroxylation is 1. The minimum Gasteiger partial charge on any atom is -0.389 e. The second-order valence-corrected chi connectivity index (χ2v) is 5.03. The first-order chi connectivity index (χ1) is 8.50. The first-order valence-electron chi connectivity index (χ1n) is 5.51. The van der Waals surface area contributed by atoms with E-state index in [1.807, 2.05) is 18.5 Å². The van der Waals surface area contributed by atoms with Crippen molar-refractivity contribution >= 4 is 11.8 Å². The van der Waals surface area contributed by atoms with Crippen LogP contribution >= 0.6 is 11.8 Å². The van der Waals surface area contributed by atoms with Crippen LogP contribution in [0.15, 0.2) is 28.3 Å². The molecule has 6 heteroatoms. The Morgan fingerprint density at radius 3 is 2.67 bits per heavy atom. The lowest BCUT2D eigenvalue weighted by atomic mass is 10.1. The summed E-state index contributed by atoms with van der Waals surface area (Å²) in [4.78, 5) is 0.653. The van der Waals surface area contributed by atoms with Gasteiger partial charge in [-0.15, -0.1) is 10.2 Å². The predicted molar refractivity (Wildman–Crippen MR) is 66.9 cm³/mol. The number of aliphatic hydroxyl groups excluding tert-OH is 1. The van der Waals surface area contributed by atoms with Crippen LogP contribution in [0.1, 0.15) is 24.4 Å². The van der Waals surface area contributed by atoms with Crippen molar-refractivity contribution in [2.75, 3.05) is 0 Å². The highest BCUT2D eigenvalue weighted by atomic mass is 32.2. The van der Waals surface area contributed by atoms with Crippen LogP contribution in [0.3, 0.4) is 0 Å². The molecule has 1 aromatic carbocycles. The third-order valence-corrected chi connectivity index (χ3v) is 3.80. The third-order valence-electron chi connectivity index (χ3n) is 2.68. The van der Waals surface area contributed by atoms with E-state index >= 15 is 0 Å². The molecule has 0 bridgehead atoms. The third kappa shape index (κ3) is 2.39. The minimum absolute atomic E-state index is 0.295. The van der Waals surface area contributed by atoms with Gasteiger partial charge in [-0.1, -0.05) is 6.07 Å². The van der Waals surface area contributed by atoms with Crippen molar-refractivity contribution in [3.05, 3.63) is 35.4 Å². The largest absolute Gasteiger partial charge is 0.389 e. The van der Waals surface area contributed by atoms with E-state index in [2.05, 4.69) is 10.2 Å². The van der Waals surface area contributed by atoms with Gasteiger partial charge in [-0.25, -0.2) is 4.39 Å². The van der Waals surface area contributed by atoms with Gasteiger partial charge in [-0.2, -0.15) is 0 Å². The molecule has 0 aliphatic rings. The molecule has 4 nitrogen and oxygen atoms in total. The maximum Gasteiger partial charge on any atom is 0.195 e. The summed E-state index contributed by atoms with van der Waals surface area (Å²) in [6, 6.07) is 4.72. The van der Waals surface area contributed by atoms with Crippen molar-refractivity contribution in [3.8, 4) is 0 Å². The molecule has 0 unspecified atom stereocenters. The predicted octanol–water partition coefficient (Wildman–Crippen LogP) is 2.47. The topological polar surface area (TPSA) is 50.9 Å². The Bertz CT molecular complexity index is 568. The number of nitrogens with zero attached hydrogens (tertiary/aromatic N) is 3. The molecule has 0 fully saturated rings. The Kier molecular flexibility index (Phi) is 3.68. The Hall–Kier alpha value is -1.40. The lowest BCUT2D eigenvalue weighted by Crippen LogP contribution is -2.00. The van der Waals surface area contributed by atoms with E-state index in [-0.39, 0.29) is 0 Å². The Labute approximate surface area is 109 Å². The summed E-state index contributed by atoms with van der Waals surface area (Å²) in [6.45, 7) is 3.39. The van der Waals surface area contributed by atoms with Crippen LogP contribution in [0, 0.1) is 12.7 Å². The van der Waals surface area contributed by atoms with E-state index in [4.69, 9.17) is 0 Å². The number of rotatable bonds is 3. The van der Waals surface area contributed by atoms with Crippen LogP contribution in [-0.4, -0.2) is 19.9 Å². The standard InChI is InChI=1S/C12H14FN3OS/c1-7(17)11-9(13)5-4-6-10(11)18-12-15-14-8(2)16(12)3/h4-7,17H,1-3H3/t7-/m0/s1. The molecule has 0 spiro atoms. The summed E-state index contributed by atoms with van der Waals surface area (Å²) < 4.78 is 15.5. The summed E-state index contributed by atoms with van der Waals surface area (Å²) in [6.07, 6.45) is -0.858. The molecule has 0 aliphatic heterocycles. The van der Waals surface area contributed by atoms with Gasteiger partial charge in [0.25, 0.3) is 0 Å². The van der Waals surface area contributed by atoms with E-state index in [1.54, 1.807) is 19.1 Å². The molecule has 0 amide bonds. The number of benzene rings is 1. The molecule has 0 saturated heterocycles. The van der Waals surface area contributed by atoms with Crippen molar-refractivity contribution in [2.24, 2.45) is 7.05 Å². The summed E-state index contributed by atoms with van der Waals surface area (Å²) in [7, 11) is 1.85. The van der Waals surface area contributed by atoms with Crippen LogP contribution in [0.25, 0.3) is 0 Å². The number of hydrogen-bond acceptors (Lipinski definition) is 4. The van der Waals surface area contributed by atoms with Crippen LogP contribution in [0.5, 0.6) is 0 Å². The summed E-state index contributed by atoms with van der Waals surface area (Å²) in [5.41, 5.74) is 0.295. The Balaban J connectivity index is 2.40. The highest BCUT2D eigenvalue weighted by Crippen LogP contribution is 2.33.